The number of rotatable bonds is 9. The number of alkyl carbamates (subject to hydrolysis) is 1. The molecular weight excluding hydrogens is 448 g/mol. The molecule has 2 amide bonds. The molecule has 2 aromatic carbocycles. The van der Waals surface area contributed by atoms with Gasteiger partial charge in [-0.05, 0) is 53.9 Å². The molecule has 8 nitrogen and oxygen atoms in total. The first-order valence-corrected chi connectivity index (χ1v) is 12.1. The highest BCUT2D eigenvalue weighted by Crippen LogP contribution is 2.51. The second-order valence-electron chi connectivity index (χ2n) is 9.72. The molecule has 8 heteroatoms. The lowest BCUT2D eigenvalue weighted by Crippen LogP contribution is -2.58. The Morgan fingerprint density at radius 2 is 1.71 bits per heavy atom. The molecule has 2 N–H and O–H groups in total. The van der Waals surface area contributed by atoms with Crippen molar-refractivity contribution in [3.63, 3.8) is 0 Å². The monoisotopic (exact) mass is 478 g/mol. The van der Waals surface area contributed by atoms with E-state index in [1.165, 1.54) is 4.90 Å². The van der Waals surface area contributed by atoms with Crippen LogP contribution in [-0.4, -0.2) is 66.4 Å². The van der Waals surface area contributed by atoms with Gasteiger partial charge in [0.1, 0.15) is 18.2 Å². The zero-order chi connectivity index (χ0) is 24.6. The van der Waals surface area contributed by atoms with E-state index in [9.17, 15) is 19.5 Å². The van der Waals surface area contributed by atoms with Gasteiger partial charge in [-0.15, -0.1) is 0 Å². The molecule has 2 aliphatic carbocycles. The minimum atomic E-state index is -1.13. The number of methoxy groups -OCH3 is 1. The van der Waals surface area contributed by atoms with Crippen LogP contribution in [0.25, 0.3) is 11.1 Å². The van der Waals surface area contributed by atoms with Crippen molar-refractivity contribution in [2.75, 3.05) is 26.9 Å². The Morgan fingerprint density at radius 1 is 1.09 bits per heavy atom. The van der Waals surface area contributed by atoms with E-state index < -0.39 is 23.6 Å². The minimum absolute atomic E-state index is 0.0862. The van der Waals surface area contributed by atoms with Crippen molar-refractivity contribution >= 4 is 18.0 Å². The van der Waals surface area contributed by atoms with Gasteiger partial charge in [-0.25, -0.2) is 9.59 Å². The quantitative estimate of drug-likeness (QED) is 0.536. The Kier molecular flexibility index (Phi) is 6.23. The maximum Gasteiger partial charge on any atom is 0.407 e. The molecule has 3 fully saturated rings. The van der Waals surface area contributed by atoms with Gasteiger partial charge < -0.3 is 24.8 Å². The van der Waals surface area contributed by atoms with E-state index in [-0.39, 0.29) is 24.3 Å². The minimum Gasteiger partial charge on any atom is -0.479 e. The van der Waals surface area contributed by atoms with E-state index in [4.69, 9.17) is 9.47 Å². The lowest BCUT2D eigenvalue weighted by Gasteiger charge is -2.39. The van der Waals surface area contributed by atoms with Gasteiger partial charge in [0.2, 0.25) is 5.91 Å². The second-order valence-corrected chi connectivity index (χ2v) is 9.72. The van der Waals surface area contributed by atoms with Crippen LogP contribution < -0.4 is 5.32 Å². The number of nitrogens with zero attached hydrogens (tertiary/aromatic N) is 1. The predicted octanol–water partition coefficient (Wildman–Crippen LogP) is 3.40. The van der Waals surface area contributed by atoms with Gasteiger partial charge in [-0.2, -0.15) is 0 Å². The highest BCUT2D eigenvalue weighted by molar-refractivity contribution is 5.93. The van der Waals surface area contributed by atoms with E-state index >= 15 is 0 Å². The number of nitrogens with one attached hydrogen (secondary N) is 1. The summed E-state index contributed by atoms with van der Waals surface area (Å²) < 4.78 is 10.7. The van der Waals surface area contributed by atoms with Crippen LogP contribution in [0.5, 0.6) is 0 Å². The molecule has 2 aliphatic heterocycles. The molecule has 1 atom stereocenters. The number of ether oxygens (including phenoxy) is 2. The lowest BCUT2D eigenvalue weighted by atomic mass is 9.73. The molecule has 6 rings (SSSR count). The summed E-state index contributed by atoms with van der Waals surface area (Å²) in [6.07, 6.45) is 1.16. The number of carboxylic acids is 1. The first-order valence-electron chi connectivity index (χ1n) is 12.1. The summed E-state index contributed by atoms with van der Waals surface area (Å²) in [7, 11) is 1.57. The summed E-state index contributed by atoms with van der Waals surface area (Å²) in [6.45, 7) is 0.991. The highest BCUT2D eigenvalue weighted by Gasteiger charge is 2.63. The standard InChI is InChI=1S/C27H30N2O6/c1-34-12-6-11-23(24(30)29-15-17-13-27(29,14-17)25(31)32)28-26(33)35-16-22-20-9-4-2-7-18(20)19-8-3-5-10-21(19)22/h2-5,7-10,17,22-23H,6,11-16H2,1H3,(H,28,33)(H,31,32). The Balaban J connectivity index is 1.27. The van der Waals surface area contributed by atoms with Gasteiger partial charge in [-0.3, -0.25) is 4.79 Å². The lowest BCUT2D eigenvalue weighted by molar-refractivity contribution is -0.159. The van der Waals surface area contributed by atoms with E-state index in [0.29, 0.717) is 38.8 Å². The Morgan fingerprint density at radius 3 is 2.31 bits per heavy atom. The summed E-state index contributed by atoms with van der Waals surface area (Å²) in [5.41, 5.74) is 3.35. The van der Waals surface area contributed by atoms with Crippen molar-refractivity contribution in [3.8, 4) is 11.1 Å². The number of hydrogen-bond acceptors (Lipinski definition) is 5. The van der Waals surface area contributed by atoms with Crippen molar-refractivity contribution in [3.05, 3.63) is 59.7 Å². The Labute approximate surface area is 204 Å². The summed E-state index contributed by atoms with van der Waals surface area (Å²) in [6, 6.07) is 15.3. The summed E-state index contributed by atoms with van der Waals surface area (Å²) >= 11 is 0. The van der Waals surface area contributed by atoms with Crippen LogP contribution in [0.1, 0.15) is 42.7 Å². The Bertz CT molecular complexity index is 1100. The number of aliphatic carboxylic acids is 1. The molecule has 2 bridgehead atoms. The maximum absolute atomic E-state index is 13.4. The topological polar surface area (TPSA) is 105 Å². The fraction of sp³-hybridized carbons (Fsp3) is 0.444. The fourth-order valence-electron chi connectivity index (χ4n) is 5.93. The van der Waals surface area contributed by atoms with Crippen LogP contribution in [0.15, 0.2) is 48.5 Å². The second kappa shape index (κ2) is 9.34. The summed E-state index contributed by atoms with van der Waals surface area (Å²) in [5.74, 6) is -1.21. The Hall–Kier alpha value is -3.39. The number of hydrogen-bond donors (Lipinski definition) is 2. The van der Waals surface area contributed by atoms with Crippen LogP contribution in [-0.2, 0) is 19.1 Å². The number of carbonyl (C=O) groups is 3. The van der Waals surface area contributed by atoms with E-state index in [1.54, 1.807) is 7.11 Å². The molecule has 0 spiro atoms. The molecule has 2 heterocycles. The third-order valence-electron chi connectivity index (χ3n) is 7.65. The third kappa shape index (κ3) is 4.05. The third-order valence-corrected chi connectivity index (χ3v) is 7.65. The maximum atomic E-state index is 13.4. The first kappa shape index (κ1) is 23.4. The van der Waals surface area contributed by atoms with Crippen LogP contribution in [0.3, 0.4) is 0 Å². The smallest absolute Gasteiger partial charge is 0.407 e. The number of amides is 2. The molecule has 2 aromatic rings. The molecule has 184 valence electrons. The van der Waals surface area contributed by atoms with Gasteiger partial charge in [0.05, 0.1) is 0 Å². The molecule has 0 aromatic heterocycles. The van der Waals surface area contributed by atoms with Crippen molar-refractivity contribution in [2.24, 2.45) is 5.92 Å². The number of carboxylic acid groups (broad SMARTS) is 1. The molecule has 1 saturated carbocycles. The van der Waals surface area contributed by atoms with E-state index in [1.807, 2.05) is 36.4 Å². The van der Waals surface area contributed by atoms with Crippen LogP contribution in [0.2, 0.25) is 0 Å². The van der Waals surface area contributed by atoms with Gasteiger partial charge in [0.25, 0.3) is 0 Å². The fourth-order valence-corrected chi connectivity index (χ4v) is 5.93. The van der Waals surface area contributed by atoms with Crippen LogP contribution in [0, 0.1) is 5.92 Å². The van der Waals surface area contributed by atoms with E-state index in [2.05, 4.69) is 17.4 Å². The molecule has 35 heavy (non-hydrogen) atoms. The summed E-state index contributed by atoms with van der Waals surface area (Å²) in [5, 5.41) is 12.5. The molecule has 4 aliphatic rings. The van der Waals surface area contributed by atoms with Crippen LogP contribution >= 0.6 is 0 Å². The van der Waals surface area contributed by atoms with Gasteiger partial charge in [0.15, 0.2) is 0 Å². The largest absolute Gasteiger partial charge is 0.479 e. The van der Waals surface area contributed by atoms with E-state index in [0.717, 1.165) is 22.3 Å². The number of fused-ring (bicyclic) bond motifs is 4. The molecule has 1 unspecified atom stereocenters. The first-order chi connectivity index (χ1) is 16.9. The number of benzene rings is 2. The van der Waals surface area contributed by atoms with Crippen molar-refractivity contribution in [1.82, 2.24) is 10.2 Å². The molecule has 0 radical (unpaired) electrons. The highest BCUT2D eigenvalue weighted by atomic mass is 16.5. The van der Waals surface area contributed by atoms with Crippen molar-refractivity contribution in [2.45, 2.75) is 43.2 Å². The van der Waals surface area contributed by atoms with Gasteiger partial charge in [0, 0.05) is 26.2 Å². The predicted molar refractivity (Wildman–Crippen MR) is 128 cm³/mol. The zero-order valence-electron chi connectivity index (χ0n) is 19.7. The average Bonchev–Trinajstić information content (AvgIpc) is 3.50. The average molecular weight is 479 g/mol. The summed E-state index contributed by atoms with van der Waals surface area (Å²) in [4.78, 5) is 39.6. The van der Waals surface area contributed by atoms with Crippen molar-refractivity contribution in [1.29, 1.82) is 0 Å². The van der Waals surface area contributed by atoms with Crippen molar-refractivity contribution < 1.29 is 29.0 Å². The normalized spacial score (nSPS) is 22.7. The van der Waals surface area contributed by atoms with Gasteiger partial charge >= 0.3 is 12.1 Å². The SMILES string of the molecule is COCCCC(NC(=O)OCC1c2ccccc2-c2ccccc21)C(=O)N1CC2CC1(C(=O)O)C2. The number of carbonyl (C=O) groups excluding carboxylic acids is 2. The molecular formula is C27H30N2O6. The van der Waals surface area contributed by atoms with Crippen LogP contribution in [0.4, 0.5) is 4.79 Å². The van der Waals surface area contributed by atoms with Gasteiger partial charge in [-0.1, -0.05) is 48.5 Å². The zero-order valence-corrected chi connectivity index (χ0v) is 19.7. The molecule has 2 saturated heterocycles.